The zero-order valence-corrected chi connectivity index (χ0v) is 11.6. The molecule has 1 aromatic rings. The lowest BCUT2D eigenvalue weighted by molar-refractivity contribution is 0.152. The van der Waals surface area contributed by atoms with Gasteiger partial charge in [-0.1, -0.05) is 6.42 Å². The van der Waals surface area contributed by atoms with Gasteiger partial charge < -0.3 is 5.73 Å². The number of halogens is 2. The largest absolute Gasteiger partial charge is 0.330 e. The molecule has 1 aromatic carbocycles. The maximum absolute atomic E-state index is 13.3. The van der Waals surface area contributed by atoms with Gasteiger partial charge in [-0.2, -0.15) is 0 Å². The van der Waals surface area contributed by atoms with Crippen molar-refractivity contribution in [2.24, 2.45) is 11.7 Å². The van der Waals surface area contributed by atoms with Gasteiger partial charge in [0.05, 0.1) is 0 Å². The van der Waals surface area contributed by atoms with Crippen LogP contribution in [0.3, 0.4) is 0 Å². The molecule has 19 heavy (non-hydrogen) atoms. The minimum Gasteiger partial charge on any atom is -0.330 e. The molecule has 0 radical (unpaired) electrons. The van der Waals surface area contributed by atoms with E-state index in [1.54, 1.807) is 0 Å². The van der Waals surface area contributed by atoms with Gasteiger partial charge in [0.2, 0.25) is 0 Å². The summed E-state index contributed by atoms with van der Waals surface area (Å²) in [6, 6.07) is 4.13. The minimum atomic E-state index is -0.517. The van der Waals surface area contributed by atoms with Crippen molar-refractivity contribution < 1.29 is 8.78 Å². The van der Waals surface area contributed by atoms with E-state index in [0.717, 1.165) is 18.9 Å². The van der Waals surface area contributed by atoms with Crippen molar-refractivity contribution in [2.45, 2.75) is 38.3 Å². The van der Waals surface area contributed by atoms with Gasteiger partial charge in [0.25, 0.3) is 0 Å². The Kier molecular flexibility index (Phi) is 4.53. The second-order valence-corrected chi connectivity index (χ2v) is 5.54. The standard InChI is InChI=1S/C15H22F2N2/c1-10(12-6-13(16)8-14(17)7-12)19(2)15-5-3-4-11(15)9-18/h6-8,10-11,15H,3-5,9,18H2,1-2H3. The average Bonchev–Trinajstić information content (AvgIpc) is 2.84. The van der Waals surface area contributed by atoms with E-state index >= 15 is 0 Å². The molecule has 2 rings (SSSR count). The van der Waals surface area contributed by atoms with E-state index in [-0.39, 0.29) is 6.04 Å². The van der Waals surface area contributed by atoms with Crippen molar-refractivity contribution >= 4 is 0 Å². The summed E-state index contributed by atoms with van der Waals surface area (Å²) in [5, 5.41) is 0. The molecule has 0 aliphatic heterocycles. The number of rotatable bonds is 4. The molecule has 0 spiro atoms. The Morgan fingerprint density at radius 2 is 1.89 bits per heavy atom. The molecule has 0 heterocycles. The second-order valence-electron chi connectivity index (χ2n) is 5.54. The van der Waals surface area contributed by atoms with Crippen molar-refractivity contribution in [2.75, 3.05) is 13.6 Å². The number of hydrogen-bond acceptors (Lipinski definition) is 2. The van der Waals surface area contributed by atoms with E-state index in [2.05, 4.69) is 4.90 Å². The first-order valence-corrected chi connectivity index (χ1v) is 6.91. The highest BCUT2D eigenvalue weighted by Crippen LogP contribution is 2.33. The Morgan fingerprint density at radius 3 is 2.47 bits per heavy atom. The first-order chi connectivity index (χ1) is 9.02. The summed E-state index contributed by atoms with van der Waals surface area (Å²) in [5.41, 5.74) is 6.49. The maximum atomic E-state index is 13.3. The molecule has 106 valence electrons. The number of nitrogens with zero attached hydrogens (tertiary/aromatic N) is 1. The molecule has 3 atom stereocenters. The lowest BCUT2D eigenvalue weighted by atomic mass is 9.99. The van der Waals surface area contributed by atoms with Crippen LogP contribution < -0.4 is 5.73 Å². The van der Waals surface area contributed by atoms with Crippen LogP contribution >= 0.6 is 0 Å². The van der Waals surface area contributed by atoms with Crippen molar-refractivity contribution in [3.8, 4) is 0 Å². The Balaban J connectivity index is 2.16. The van der Waals surface area contributed by atoms with Gasteiger partial charge in [-0.25, -0.2) is 8.78 Å². The molecule has 0 aromatic heterocycles. The average molecular weight is 268 g/mol. The van der Waals surface area contributed by atoms with Crippen LogP contribution in [0, 0.1) is 17.6 Å². The monoisotopic (exact) mass is 268 g/mol. The molecule has 0 bridgehead atoms. The molecule has 0 amide bonds. The SMILES string of the molecule is CC(c1cc(F)cc(F)c1)N(C)C1CCCC1CN. The van der Waals surface area contributed by atoms with E-state index in [1.807, 2.05) is 14.0 Å². The van der Waals surface area contributed by atoms with E-state index in [0.29, 0.717) is 24.1 Å². The van der Waals surface area contributed by atoms with Gasteiger partial charge >= 0.3 is 0 Å². The third kappa shape index (κ3) is 3.12. The molecule has 1 aliphatic rings. The van der Waals surface area contributed by atoms with Crippen LogP contribution in [-0.2, 0) is 0 Å². The van der Waals surface area contributed by atoms with Gasteiger partial charge in [-0.15, -0.1) is 0 Å². The normalized spacial score (nSPS) is 24.9. The van der Waals surface area contributed by atoms with Crippen LogP contribution in [0.15, 0.2) is 18.2 Å². The Hall–Kier alpha value is -1.00. The summed E-state index contributed by atoms with van der Waals surface area (Å²) in [4.78, 5) is 2.21. The Bertz CT molecular complexity index is 416. The highest BCUT2D eigenvalue weighted by molar-refractivity contribution is 5.21. The Morgan fingerprint density at radius 1 is 1.26 bits per heavy atom. The highest BCUT2D eigenvalue weighted by Gasteiger charge is 2.31. The fraction of sp³-hybridized carbons (Fsp3) is 0.600. The van der Waals surface area contributed by atoms with Crippen LogP contribution in [0.2, 0.25) is 0 Å². The van der Waals surface area contributed by atoms with Crippen LogP contribution in [-0.4, -0.2) is 24.5 Å². The number of hydrogen-bond donors (Lipinski definition) is 1. The lowest BCUT2D eigenvalue weighted by Gasteiger charge is -2.34. The molecule has 1 aliphatic carbocycles. The third-order valence-electron chi connectivity index (χ3n) is 4.42. The summed E-state index contributed by atoms with van der Waals surface area (Å²) in [5.74, 6) is -0.542. The van der Waals surface area contributed by atoms with Crippen LogP contribution in [0.1, 0.15) is 37.8 Å². The third-order valence-corrected chi connectivity index (χ3v) is 4.42. The molecule has 3 unspecified atom stereocenters. The van der Waals surface area contributed by atoms with Gasteiger partial charge in [-0.05, 0) is 57.0 Å². The zero-order valence-electron chi connectivity index (χ0n) is 11.6. The van der Waals surface area contributed by atoms with Crippen molar-refractivity contribution in [3.63, 3.8) is 0 Å². The molecule has 4 heteroatoms. The summed E-state index contributed by atoms with van der Waals surface area (Å²) >= 11 is 0. The fourth-order valence-corrected chi connectivity index (χ4v) is 3.17. The highest BCUT2D eigenvalue weighted by atomic mass is 19.1. The first kappa shape index (κ1) is 14.4. The summed E-state index contributed by atoms with van der Waals surface area (Å²) in [7, 11) is 2.02. The van der Waals surface area contributed by atoms with Gasteiger partial charge in [-0.3, -0.25) is 4.90 Å². The predicted molar refractivity (Wildman–Crippen MR) is 72.7 cm³/mol. The van der Waals surface area contributed by atoms with E-state index in [9.17, 15) is 8.78 Å². The molecule has 2 nitrogen and oxygen atoms in total. The molecule has 0 saturated heterocycles. The van der Waals surface area contributed by atoms with Gasteiger partial charge in [0, 0.05) is 18.2 Å². The molecule has 1 fully saturated rings. The molecule has 1 saturated carbocycles. The van der Waals surface area contributed by atoms with Crippen molar-refractivity contribution in [1.29, 1.82) is 0 Å². The van der Waals surface area contributed by atoms with Gasteiger partial charge in [0.1, 0.15) is 11.6 Å². The summed E-state index contributed by atoms with van der Waals surface area (Å²) in [6.07, 6.45) is 3.44. The van der Waals surface area contributed by atoms with Crippen molar-refractivity contribution in [3.05, 3.63) is 35.4 Å². The lowest BCUT2D eigenvalue weighted by Crippen LogP contribution is -2.39. The topological polar surface area (TPSA) is 29.3 Å². The van der Waals surface area contributed by atoms with E-state index in [1.165, 1.54) is 18.6 Å². The van der Waals surface area contributed by atoms with Crippen molar-refractivity contribution in [1.82, 2.24) is 4.90 Å². The Labute approximate surface area is 113 Å². The maximum Gasteiger partial charge on any atom is 0.126 e. The fourth-order valence-electron chi connectivity index (χ4n) is 3.17. The summed E-state index contributed by atoms with van der Waals surface area (Å²) in [6.45, 7) is 2.67. The molecule has 2 N–H and O–H groups in total. The number of nitrogens with two attached hydrogens (primary N) is 1. The quantitative estimate of drug-likeness (QED) is 0.909. The van der Waals surface area contributed by atoms with Crippen LogP contribution in [0.25, 0.3) is 0 Å². The number of benzene rings is 1. The van der Waals surface area contributed by atoms with Crippen LogP contribution in [0.5, 0.6) is 0 Å². The second kappa shape index (κ2) is 5.97. The van der Waals surface area contributed by atoms with Gasteiger partial charge in [0.15, 0.2) is 0 Å². The summed E-state index contributed by atoms with van der Waals surface area (Å²) < 4.78 is 26.6. The molecular formula is C15H22F2N2. The zero-order chi connectivity index (χ0) is 14.0. The van der Waals surface area contributed by atoms with E-state index < -0.39 is 11.6 Å². The predicted octanol–water partition coefficient (Wildman–Crippen LogP) is 3.09. The first-order valence-electron chi connectivity index (χ1n) is 6.91. The smallest absolute Gasteiger partial charge is 0.126 e. The van der Waals surface area contributed by atoms with E-state index in [4.69, 9.17) is 5.73 Å². The minimum absolute atomic E-state index is 0.0117. The molecular weight excluding hydrogens is 246 g/mol. The van der Waals surface area contributed by atoms with Crippen LogP contribution in [0.4, 0.5) is 8.78 Å².